The summed E-state index contributed by atoms with van der Waals surface area (Å²) in [6, 6.07) is 0. The van der Waals surface area contributed by atoms with Crippen molar-refractivity contribution in [3.8, 4) is 0 Å². The third kappa shape index (κ3) is 6.83. The number of nitrogens with zero attached hydrogens (tertiary/aromatic N) is 3. The molecule has 1 aromatic rings. The first-order valence-electron chi connectivity index (χ1n) is 7.16. The quantitative estimate of drug-likeness (QED) is 0.624. The molecular weight excluding hydrogens is 290 g/mol. The Bertz CT molecular complexity index is 502. The van der Waals surface area contributed by atoms with Crippen molar-refractivity contribution in [3.05, 3.63) is 12.4 Å². The van der Waals surface area contributed by atoms with Crippen molar-refractivity contribution in [2.75, 3.05) is 39.0 Å². The van der Waals surface area contributed by atoms with E-state index in [0.29, 0.717) is 12.5 Å². The van der Waals surface area contributed by atoms with E-state index in [1.54, 1.807) is 0 Å². The van der Waals surface area contributed by atoms with Crippen LogP contribution in [0.15, 0.2) is 17.3 Å². The largest absolute Gasteiger partial charge is 0.354 e. The van der Waals surface area contributed by atoms with Gasteiger partial charge in [-0.25, -0.2) is 23.1 Å². The zero-order chi connectivity index (χ0) is 15.7. The van der Waals surface area contributed by atoms with Crippen LogP contribution >= 0.6 is 0 Å². The van der Waals surface area contributed by atoms with Crippen LogP contribution in [0.1, 0.15) is 26.2 Å². The van der Waals surface area contributed by atoms with Crippen molar-refractivity contribution in [1.29, 1.82) is 0 Å². The second kappa shape index (κ2) is 8.91. The van der Waals surface area contributed by atoms with Gasteiger partial charge in [-0.05, 0) is 39.9 Å². The molecule has 21 heavy (non-hydrogen) atoms. The number of sulfonamides is 1. The van der Waals surface area contributed by atoms with Crippen LogP contribution in [-0.2, 0) is 10.0 Å². The first-order valence-corrected chi connectivity index (χ1v) is 8.64. The molecule has 0 aliphatic carbocycles. The van der Waals surface area contributed by atoms with Gasteiger partial charge in [0, 0.05) is 13.1 Å². The van der Waals surface area contributed by atoms with Crippen LogP contribution in [0.4, 0.5) is 5.95 Å². The van der Waals surface area contributed by atoms with Gasteiger partial charge >= 0.3 is 0 Å². The number of anilines is 1. The Hall–Kier alpha value is -1.25. The van der Waals surface area contributed by atoms with E-state index in [2.05, 4.69) is 24.9 Å². The fourth-order valence-corrected chi connectivity index (χ4v) is 2.59. The zero-order valence-electron chi connectivity index (χ0n) is 13.0. The van der Waals surface area contributed by atoms with Gasteiger partial charge in [0.1, 0.15) is 4.90 Å². The van der Waals surface area contributed by atoms with Gasteiger partial charge in [0.2, 0.25) is 16.0 Å². The molecule has 0 unspecified atom stereocenters. The van der Waals surface area contributed by atoms with Crippen LogP contribution in [0.25, 0.3) is 0 Å². The van der Waals surface area contributed by atoms with Crippen molar-refractivity contribution in [2.45, 2.75) is 31.1 Å². The maximum Gasteiger partial charge on any atom is 0.243 e. The molecule has 0 aliphatic heterocycles. The maximum atomic E-state index is 12.0. The summed E-state index contributed by atoms with van der Waals surface area (Å²) < 4.78 is 26.6. The SMILES string of the molecule is CCCNc1ncc(S(=O)(=O)NCCCCN(C)C)cn1. The molecule has 8 heteroatoms. The molecule has 0 amide bonds. The molecule has 1 rings (SSSR count). The van der Waals surface area contributed by atoms with Gasteiger partial charge in [-0.3, -0.25) is 0 Å². The number of nitrogens with one attached hydrogen (secondary N) is 2. The standard InChI is InChI=1S/C13H25N5O2S/c1-4-7-14-13-15-10-12(11-16-13)21(19,20)17-8-5-6-9-18(2)3/h10-11,17H,4-9H2,1-3H3,(H,14,15,16). The van der Waals surface area contributed by atoms with E-state index in [0.717, 1.165) is 32.4 Å². The number of hydrogen-bond donors (Lipinski definition) is 2. The van der Waals surface area contributed by atoms with E-state index >= 15 is 0 Å². The minimum atomic E-state index is -3.51. The molecule has 0 bridgehead atoms. The molecule has 7 nitrogen and oxygen atoms in total. The van der Waals surface area contributed by atoms with E-state index in [4.69, 9.17) is 0 Å². The minimum absolute atomic E-state index is 0.0946. The molecule has 0 saturated heterocycles. The zero-order valence-corrected chi connectivity index (χ0v) is 13.8. The summed E-state index contributed by atoms with van der Waals surface area (Å²) in [7, 11) is 0.477. The monoisotopic (exact) mass is 315 g/mol. The molecule has 120 valence electrons. The number of aromatic nitrogens is 2. The molecule has 0 saturated carbocycles. The van der Waals surface area contributed by atoms with Crippen molar-refractivity contribution in [3.63, 3.8) is 0 Å². The highest BCUT2D eigenvalue weighted by Crippen LogP contribution is 2.07. The summed E-state index contributed by atoms with van der Waals surface area (Å²) in [6.07, 6.45) is 5.36. The van der Waals surface area contributed by atoms with Gasteiger partial charge in [-0.15, -0.1) is 0 Å². The van der Waals surface area contributed by atoms with Crippen LogP contribution < -0.4 is 10.0 Å². The highest BCUT2D eigenvalue weighted by molar-refractivity contribution is 7.89. The fraction of sp³-hybridized carbons (Fsp3) is 0.692. The molecule has 0 spiro atoms. The molecule has 0 atom stereocenters. The smallest absolute Gasteiger partial charge is 0.243 e. The molecule has 1 heterocycles. The van der Waals surface area contributed by atoms with Crippen LogP contribution in [0.2, 0.25) is 0 Å². The lowest BCUT2D eigenvalue weighted by atomic mass is 10.3. The molecule has 1 aromatic heterocycles. The average Bonchev–Trinajstić information content (AvgIpc) is 2.44. The lowest BCUT2D eigenvalue weighted by molar-refractivity contribution is 0.394. The van der Waals surface area contributed by atoms with Gasteiger partial charge in [0.25, 0.3) is 0 Å². The summed E-state index contributed by atoms with van der Waals surface area (Å²) in [5.41, 5.74) is 0. The van der Waals surface area contributed by atoms with Gasteiger partial charge in [-0.1, -0.05) is 6.92 Å². The van der Waals surface area contributed by atoms with Crippen LogP contribution in [0.3, 0.4) is 0 Å². The predicted octanol–water partition coefficient (Wildman–Crippen LogP) is 0.919. The lowest BCUT2D eigenvalue weighted by Crippen LogP contribution is -2.26. The predicted molar refractivity (Wildman–Crippen MR) is 83.8 cm³/mol. The van der Waals surface area contributed by atoms with Crippen LogP contribution in [0.5, 0.6) is 0 Å². The van der Waals surface area contributed by atoms with Crippen molar-refractivity contribution < 1.29 is 8.42 Å². The summed E-state index contributed by atoms with van der Waals surface area (Å²) in [4.78, 5) is 10.2. The summed E-state index contributed by atoms with van der Waals surface area (Å²) in [5, 5.41) is 3.00. The van der Waals surface area contributed by atoms with E-state index in [1.165, 1.54) is 12.4 Å². The Balaban J connectivity index is 2.46. The Labute approximate surface area is 127 Å². The molecule has 0 fully saturated rings. The van der Waals surface area contributed by atoms with E-state index < -0.39 is 10.0 Å². The normalized spacial score (nSPS) is 11.8. The Morgan fingerprint density at radius 2 is 1.81 bits per heavy atom. The van der Waals surface area contributed by atoms with Crippen LogP contribution in [0, 0.1) is 0 Å². The molecule has 2 N–H and O–H groups in total. The number of rotatable bonds is 10. The summed E-state index contributed by atoms with van der Waals surface area (Å²) >= 11 is 0. The van der Waals surface area contributed by atoms with Crippen molar-refractivity contribution >= 4 is 16.0 Å². The highest BCUT2D eigenvalue weighted by atomic mass is 32.2. The van der Waals surface area contributed by atoms with E-state index in [1.807, 2.05) is 21.0 Å². The Morgan fingerprint density at radius 3 is 2.38 bits per heavy atom. The van der Waals surface area contributed by atoms with Gasteiger partial charge < -0.3 is 10.2 Å². The topological polar surface area (TPSA) is 87.2 Å². The summed E-state index contributed by atoms with van der Waals surface area (Å²) in [6.45, 7) is 4.16. The molecule has 0 aromatic carbocycles. The minimum Gasteiger partial charge on any atom is -0.354 e. The third-order valence-electron chi connectivity index (χ3n) is 2.80. The average molecular weight is 315 g/mol. The van der Waals surface area contributed by atoms with Gasteiger partial charge in [0.05, 0.1) is 12.4 Å². The van der Waals surface area contributed by atoms with Crippen molar-refractivity contribution in [2.24, 2.45) is 0 Å². The van der Waals surface area contributed by atoms with Crippen molar-refractivity contribution in [1.82, 2.24) is 19.6 Å². The maximum absolute atomic E-state index is 12.0. The second-order valence-corrected chi connectivity index (χ2v) is 6.84. The Morgan fingerprint density at radius 1 is 1.14 bits per heavy atom. The third-order valence-corrected chi connectivity index (χ3v) is 4.21. The Kier molecular flexibility index (Phi) is 7.55. The summed E-state index contributed by atoms with van der Waals surface area (Å²) in [5.74, 6) is 0.446. The second-order valence-electron chi connectivity index (χ2n) is 5.08. The highest BCUT2D eigenvalue weighted by Gasteiger charge is 2.14. The van der Waals surface area contributed by atoms with E-state index in [-0.39, 0.29) is 4.90 Å². The van der Waals surface area contributed by atoms with Crippen LogP contribution in [-0.4, -0.2) is 57.0 Å². The number of hydrogen-bond acceptors (Lipinski definition) is 6. The molecule has 0 radical (unpaired) electrons. The lowest BCUT2D eigenvalue weighted by Gasteiger charge is -2.10. The first-order chi connectivity index (χ1) is 9.95. The molecular formula is C13H25N5O2S. The van der Waals surface area contributed by atoms with E-state index in [9.17, 15) is 8.42 Å². The van der Waals surface area contributed by atoms with Gasteiger partial charge in [0.15, 0.2) is 0 Å². The number of unbranched alkanes of at least 4 members (excludes halogenated alkanes) is 1. The fourth-order valence-electron chi connectivity index (χ4n) is 1.63. The first kappa shape index (κ1) is 17.8. The molecule has 0 aliphatic rings. The van der Waals surface area contributed by atoms with Gasteiger partial charge in [-0.2, -0.15) is 0 Å².